The smallest absolute Gasteiger partial charge is 0.170 e. The molecule has 0 amide bonds. The first kappa shape index (κ1) is 20.1. The summed E-state index contributed by atoms with van der Waals surface area (Å²) in [4.78, 5) is 0. The fourth-order valence-corrected chi connectivity index (χ4v) is 11.3. The zero-order valence-corrected chi connectivity index (χ0v) is 18.6. The van der Waals surface area contributed by atoms with Gasteiger partial charge in [0, 0.05) is 0 Å². The van der Waals surface area contributed by atoms with E-state index < -0.39 is 18.1 Å². The van der Waals surface area contributed by atoms with Gasteiger partial charge in [-0.05, 0) is 34.3 Å². The van der Waals surface area contributed by atoms with Gasteiger partial charge in [-0.15, -0.1) is 0 Å². The molecule has 0 aliphatic rings. The molecule has 2 aromatic rings. The van der Waals surface area contributed by atoms with Crippen LogP contribution < -0.4 is 0 Å². The lowest BCUT2D eigenvalue weighted by Crippen LogP contribution is -2.38. The topological polar surface area (TPSA) is 9.23 Å². The minimum atomic E-state index is -1.26. The van der Waals surface area contributed by atoms with E-state index in [-0.39, 0.29) is 0 Å². The Hall–Kier alpha value is -1.17. The molecule has 0 heterocycles. The molecule has 0 bridgehead atoms. The van der Waals surface area contributed by atoms with Crippen molar-refractivity contribution in [3.63, 3.8) is 0 Å². The van der Waals surface area contributed by atoms with Crippen LogP contribution in [0.4, 0.5) is 0 Å². The largest absolute Gasteiger partial charge is 0.459 e. The predicted molar refractivity (Wildman–Crippen MR) is 115 cm³/mol. The van der Waals surface area contributed by atoms with E-state index in [0.717, 1.165) is 11.1 Å². The lowest BCUT2D eigenvalue weighted by atomic mass is 10.2. The fourth-order valence-electron chi connectivity index (χ4n) is 3.21. The van der Waals surface area contributed by atoms with Crippen LogP contribution >= 0.6 is 0 Å². The van der Waals surface area contributed by atoms with Crippen LogP contribution in [0.25, 0.3) is 0 Å². The molecule has 4 atom stereocenters. The molecule has 0 spiro atoms. The first-order chi connectivity index (χ1) is 12.1. The van der Waals surface area contributed by atoms with Crippen molar-refractivity contribution in [3.05, 3.63) is 71.8 Å². The van der Waals surface area contributed by atoms with Gasteiger partial charge in [-0.3, -0.25) is 0 Å². The minimum absolute atomic E-state index is 0.732. The monoisotopic (exact) mass is 370 g/mol. The molecule has 3 heteroatoms. The van der Waals surface area contributed by atoms with E-state index in [4.69, 9.17) is 4.12 Å². The first-order valence-corrected chi connectivity index (χ1v) is 13.8. The van der Waals surface area contributed by atoms with Crippen LogP contribution in [0.5, 0.6) is 0 Å². The Morgan fingerprint density at radius 1 is 0.680 bits per heavy atom. The molecular weight excluding hydrogens is 336 g/mol. The van der Waals surface area contributed by atoms with E-state index in [0.29, 0.717) is 0 Å². The normalized spacial score (nSPS) is 16.2. The van der Waals surface area contributed by atoms with E-state index in [1.807, 2.05) is 0 Å². The van der Waals surface area contributed by atoms with Crippen LogP contribution in [-0.4, -0.2) is 18.1 Å². The highest BCUT2D eigenvalue weighted by Crippen LogP contribution is 2.25. The summed E-state index contributed by atoms with van der Waals surface area (Å²) >= 11 is 0. The molecule has 0 N–H and O–H groups in total. The van der Waals surface area contributed by atoms with Crippen molar-refractivity contribution in [1.29, 1.82) is 0 Å². The van der Waals surface area contributed by atoms with Gasteiger partial charge in [0.25, 0.3) is 0 Å². The first-order valence-electron chi connectivity index (χ1n) is 9.87. The van der Waals surface area contributed by atoms with Gasteiger partial charge in [0.05, 0.1) is 0 Å². The SMILES string of the molecule is CCC(C)[SiH](Cc1ccccc1)O[SiH](Cc1ccccc1)C(C)CC. The highest BCUT2D eigenvalue weighted by Gasteiger charge is 2.27. The zero-order valence-electron chi connectivity index (χ0n) is 16.3. The summed E-state index contributed by atoms with van der Waals surface area (Å²) in [6, 6.07) is 24.3. The average molecular weight is 371 g/mol. The van der Waals surface area contributed by atoms with Crippen molar-refractivity contribution in [2.75, 3.05) is 0 Å². The molecule has 0 aromatic heterocycles. The van der Waals surface area contributed by atoms with E-state index in [2.05, 4.69) is 88.4 Å². The van der Waals surface area contributed by atoms with Crippen LogP contribution in [0.15, 0.2) is 60.7 Å². The maximum Gasteiger partial charge on any atom is 0.170 e. The van der Waals surface area contributed by atoms with Gasteiger partial charge in [-0.25, -0.2) is 0 Å². The van der Waals surface area contributed by atoms with Crippen LogP contribution in [0.1, 0.15) is 51.7 Å². The highest BCUT2D eigenvalue weighted by molar-refractivity contribution is 6.67. The molecule has 0 saturated carbocycles. The zero-order chi connectivity index (χ0) is 18.1. The van der Waals surface area contributed by atoms with Crippen molar-refractivity contribution in [1.82, 2.24) is 0 Å². The summed E-state index contributed by atoms with van der Waals surface area (Å²) in [6.45, 7) is 9.45. The van der Waals surface area contributed by atoms with Gasteiger partial charge < -0.3 is 4.12 Å². The molecule has 0 radical (unpaired) electrons. The summed E-state index contributed by atoms with van der Waals surface area (Å²) in [5, 5.41) is 0. The van der Waals surface area contributed by atoms with E-state index in [1.165, 1.54) is 36.1 Å². The maximum absolute atomic E-state index is 7.04. The van der Waals surface area contributed by atoms with Gasteiger partial charge >= 0.3 is 0 Å². The van der Waals surface area contributed by atoms with Crippen molar-refractivity contribution in [2.24, 2.45) is 0 Å². The molecule has 25 heavy (non-hydrogen) atoms. The Morgan fingerprint density at radius 2 is 1.04 bits per heavy atom. The third kappa shape index (κ3) is 6.57. The third-order valence-electron chi connectivity index (χ3n) is 5.47. The maximum atomic E-state index is 7.04. The number of hydrogen-bond donors (Lipinski definition) is 0. The van der Waals surface area contributed by atoms with Crippen LogP contribution in [0.2, 0.25) is 11.1 Å². The lowest BCUT2D eigenvalue weighted by molar-refractivity contribution is 0.526. The van der Waals surface area contributed by atoms with Crippen molar-refractivity contribution in [2.45, 2.75) is 63.7 Å². The van der Waals surface area contributed by atoms with Crippen LogP contribution in [0.3, 0.4) is 0 Å². The summed E-state index contributed by atoms with van der Waals surface area (Å²) in [5.74, 6) is 0. The quantitative estimate of drug-likeness (QED) is 0.494. The molecule has 136 valence electrons. The second-order valence-electron chi connectivity index (χ2n) is 7.36. The van der Waals surface area contributed by atoms with Crippen molar-refractivity contribution in [3.8, 4) is 0 Å². The summed E-state index contributed by atoms with van der Waals surface area (Å²) < 4.78 is 7.04. The second-order valence-corrected chi connectivity index (χ2v) is 13.7. The molecule has 0 fully saturated rings. The summed E-state index contributed by atoms with van der Waals surface area (Å²) in [7, 11) is -2.52. The third-order valence-corrected chi connectivity index (χ3v) is 13.5. The Labute approximate surface area is 157 Å². The fraction of sp³-hybridized carbons (Fsp3) is 0.455. The Bertz CT molecular complexity index is 534. The summed E-state index contributed by atoms with van der Waals surface area (Å²) in [5.41, 5.74) is 4.37. The predicted octanol–water partition coefficient (Wildman–Crippen LogP) is 5.61. The number of hydrogen-bond acceptors (Lipinski definition) is 1. The van der Waals surface area contributed by atoms with Crippen molar-refractivity contribution < 1.29 is 4.12 Å². The highest BCUT2D eigenvalue weighted by atomic mass is 28.4. The van der Waals surface area contributed by atoms with Crippen molar-refractivity contribution >= 4 is 18.1 Å². The minimum Gasteiger partial charge on any atom is -0.459 e. The molecular formula is C22H34OSi2. The summed E-state index contributed by atoms with van der Waals surface area (Å²) in [6.07, 6.45) is 2.47. The van der Waals surface area contributed by atoms with Gasteiger partial charge in [0.2, 0.25) is 0 Å². The van der Waals surface area contributed by atoms with Crippen LogP contribution in [-0.2, 0) is 16.2 Å². The number of rotatable bonds is 10. The Balaban J connectivity index is 2.13. The standard InChI is InChI=1S/C22H34OSi2/c1-5-19(3)24(17-21-13-9-7-10-14-21)23-25(20(4)6-2)18-22-15-11-8-12-16-22/h7-16,19-20,24-25H,5-6,17-18H2,1-4H3. The molecule has 1 nitrogen and oxygen atoms in total. The number of benzene rings is 2. The van der Waals surface area contributed by atoms with E-state index in [9.17, 15) is 0 Å². The molecule has 4 unspecified atom stereocenters. The molecule has 0 aliphatic heterocycles. The molecule has 2 rings (SSSR count). The molecule has 2 aromatic carbocycles. The van der Waals surface area contributed by atoms with E-state index >= 15 is 0 Å². The second kappa shape index (κ2) is 10.7. The van der Waals surface area contributed by atoms with Crippen LogP contribution in [0, 0.1) is 0 Å². The Morgan fingerprint density at radius 3 is 1.36 bits per heavy atom. The average Bonchev–Trinajstić information content (AvgIpc) is 2.67. The van der Waals surface area contributed by atoms with Gasteiger partial charge in [-0.1, -0.05) is 101 Å². The van der Waals surface area contributed by atoms with Gasteiger partial charge in [0.15, 0.2) is 18.1 Å². The Kier molecular flexibility index (Phi) is 8.66. The van der Waals surface area contributed by atoms with Gasteiger partial charge in [-0.2, -0.15) is 0 Å². The molecule has 0 saturated heterocycles. The van der Waals surface area contributed by atoms with Gasteiger partial charge in [0.1, 0.15) is 0 Å². The molecule has 0 aliphatic carbocycles. The van der Waals surface area contributed by atoms with E-state index in [1.54, 1.807) is 0 Å². The lowest BCUT2D eigenvalue weighted by Gasteiger charge is -2.30.